The van der Waals surface area contributed by atoms with E-state index in [1.807, 2.05) is 32.0 Å². The van der Waals surface area contributed by atoms with Crippen LogP contribution in [0.5, 0.6) is 11.5 Å². The molecule has 0 bridgehead atoms. The van der Waals surface area contributed by atoms with Gasteiger partial charge in [0.1, 0.15) is 0 Å². The number of hydrazone groups is 1. The van der Waals surface area contributed by atoms with Crippen molar-refractivity contribution in [2.75, 3.05) is 13.7 Å². The summed E-state index contributed by atoms with van der Waals surface area (Å²) >= 11 is 3.42. The van der Waals surface area contributed by atoms with Crippen LogP contribution in [0.25, 0.3) is 0 Å². The number of methoxy groups -OCH3 is 1. The molecule has 0 aromatic heterocycles. The van der Waals surface area contributed by atoms with Crippen molar-refractivity contribution in [2.45, 2.75) is 26.7 Å². The molecule has 0 atom stereocenters. The first-order valence-electron chi connectivity index (χ1n) is 8.43. The van der Waals surface area contributed by atoms with Crippen LogP contribution in [0.4, 0.5) is 0 Å². The third-order valence-corrected chi connectivity index (χ3v) is 4.34. The van der Waals surface area contributed by atoms with Gasteiger partial charge in [0.05, 0.1) is 18.2 Å². The van der Waals surface area contributed by atoms with Crippen LogP contribution in [0, 0.1) is 0 Å². The van der Waals surface area contributed by atoms with Crippen molar-refractivity contribution in [3.05, 3.63) is 58.1 Å². The molecule has 26 heavy (non-hydrogen) atoms. The molecule has 0 aliphatic rings. The molecule has 1 N–H and O–H groups in total. The first-order chi connectivity index (χ1) is 12.5. The lowest BCUT2D eigenvalue weighted by Crippen LogP contribution is -2.19. The molecule has 138 valence electrons. The van der Waals surface area contributed by atoms with Gasteiger partial charge in [-0.15, -0.1) is 0 Å². The fourth-order valence-electron chi connectivity index (χ4n) is 2.37. The summed E-state index contributed by atoms with van der Waals surface area (Å²) in [7, 11) is 1.54. The first kappa shape index (κ1) is 20.0. The second-order valence-corrected chi connectivity index (χ2v) is 6.55. The molecule has 0 fully saturated rings. The molecule has 0 spiro atoms. The largest absolute Gasteiger partial charge is 0.493 e. The van der Waals surface area contributed by atoms with Crippen molar-refractivity contribution in [1.29, 1.82) is 0 Å². The molecule has 0 radical (unpaired) electrons. The Kier molecular flexibility index (Phi) is 7.66. The molecule has 5 nitrogen and oxygen atoms in total. The number of hydrogen-bond donors (Lipinski definition) is 1. The molecule has 0 saturated carbocycles. The Hall–Kier alpha value is -2.34. The Labute approximate surface area is 162 Å². The molecule has 1 amide bonds. The van der Waals surface area contributed by atoms with Gasteiger partial charge in [-0.25, -0.2) is 5.43 Å². The first-order valence-corrected chi connectivity index (χ1v) is 9.22. The van der Waals surface area contributed by atoms with Crippen LogP contribution in [-0.2, 0) is 6.42 Å². The Morgan fingerprint density at radius 3 is 2.62 bits per heavy atom. The van der Waals surface area contributed by atoms with Gasteiger partial charge in [0.15, 0.2) is 11.5 Å². The molecular formula is C20H23BrN2O3. The van der Waals surface area contributed by atoms with E-state index >= 15 is 0 Å². The van der Waals surface area contributed by atoms with Gasteiger partial charge in [-0.05, 0) is 60.3 Å². The number of ether oxygens (including phenoxy) is 2. The summed E-state index contributed by atoms with van der Waals surface area (Å²) in [5, 5.41) is 4.19. The van der Waals surface area contributed by atoms with Crippen molar-refractivity contribution in [3.63, 3.8) is 0 Å². The Morgan fingerprint density at radius 1 is 1.23 bits per heavy atom. The van der Waals surface area contributed by atoms with E-state index in [4.69, 9.17) is 9.47 Å². The molecule has 0 heterocycles. The van der Waals surface area contributed by atoms with E-state index in [0.29, 0.717) is 28.1 Å². The number of benzene rings is 2. The van der Waals surface area contributed by atoms with E-state index in [9.17, 15) is 4.79 Å². The maximum absolute atomic E-state index is 12.4. The number of aryl methyl sites for hydroxylation is 1. The average molecular weight is 419 g/mol. The van der Waals surface area contributed by atoms with Gasteiger partial charge in [-0.2, -0.15) is 5.10 Å². The summed E-state index contributed by atoms with van der Waals surface area (Å²) in [5.41, 5.74) is 5.14. The van der Waals surface area contributed by atoms with Crippen LogP contribution in [0.2, 0.25) is 0 Å². The highest BCUT2D eigenvalue weighted by atomic mass is 79.9. The van der Waals surface area contributed by atoms with Crippen molar-refractivity contribution in [2.24, 2.45) is 5.10 Å². The van der Waals surface area contributed by atoms with Crippen LogP contribution in [0.3, 0.4) is 0 Å². The maximum Gasteiger partial charge on any atom is 0.271 e. The number of hydrogen-bond acceptors (Lipinski definition) is 4. The highest BCUT2D eigenvalue weighted by molar-refractivity contribution is 9.10. The van der Waals surface area contributed by atoms with Gasteiger partial charge in [0.25, 0.3) is 5.91 Å². The Morgan fingerprint density at radius 2 is 1.96 bits per heavy atom. The third kappa shape index (κ3) is 5.59. The number of nitrogens with one attached hydrogen (secondary N) is 1. The number of amides is 1. The van der Waals surface area contributed by atoms with Crippen LogP contribution in [0.15, 0.2) is 52.0 Å². The van der Waals surface area contributed by atoms with Crippen molar-refractivity contribution < 1.29 is 14.3 Å². The summed E-state index contributed by atoms with van der Waals surface area (Å²) < 4.78 is 11.5. The van der Waals surface area contributed by atoms with Crippen molar-refractivity contribution >= 4 is 27.5 Å². The summed E-state index contributed by atoms with van der Waals surface area (Å²) in [5.74, 6) is 0.774. The zero-order chi connectivity index (χ0) is 18.9. The minimum Gasteiger partial charge on any atom is -0.493 e. The van der Waals surface area contributed by atoms with Crippen molar-refractivity contribution in [1.82, 2.24) is 5.43 Å². The maximum atomic E-state index is 12.4. The van der Waals surface area contributed by atoms with Gasteiger partial charge in [-0.3, -0.25) is 4.79 Å². The molecule has 0 aliphatic heterocycles. The monoisotopic (exact) mass is 418 g/mol. The summed E-state index contributed by atoms with van der Waals surface area (Å²) in [6, 6.07) is 13.5. The van der Waals surface area contributed by atoms with Gasteiger partial charge in [0, 0.05) is 11.3 Å². The highest BCUT2D eigenvalue weighted by Crippen LogP contribution is 2.36. The number of nitrogens with zero attached hydrogens (tertiary/aromatic N) is 1. The molecular weight excluding hydrogens is 396 g/mol. The van der Waals surface area contributed by atoms with E-state index in [1.54, 1.807) is 12.1 Å². The third-order valence-electron chi connectivity index (χ3n) is 3.75. The summed E-state index contributed by atoms with van der Waals surface area (Å²) in [4.78, 5) is 12.4. The minimum absolute atomic E-state index is 0.300. The van der Waals surface area contributed by atoms with E-state index in [-0.39, 0.29) is 5.91 Å². The van der Waals surface area contributed by atoms with Gasteiger partial charge < -0.3 is 9.47 Å². The fraction of sp³-hybridized carbons (Fsp3) is 0.300. The Balaban J connectivity index is 2.01. The quantitative estimate of drug-likeness (QED) is 0.503. The second-order valence-electron chi connectivity index (χ2n) is 5.70. The smallest absolute Gasteiger partial charge is 0.271 e. The zero-order valence-corrected chi connectivity index (χ0v) is 16.8. The predicted molar refractivity (Wildman–Crippen MR) is 107 cm³/mol. The van der Waals surface area contributed by atoms with E-state index in [1.165, 1.54) is 12.7 Å². The van der Waals surface area contributed by atoms with E-state index in [0.717, 1.165) is 18.6 Å². The Bertz CT molecular complexity index is 776. The number of carbonyl (C=O) groups excluding carboxylic acids is 1. The van der Waals surface area contributed by atoms with Gasteiger partial charge >= 0.3 is 0 Å². The molecule has 2 aromatic carbocycles. The number of rotatable bonds is 8. The molecule has 2 rings (SSSR count). The van der Waals surface area contributed by atoms with Gasteiger partial charge in [-0.1, -0.05) is 30.3 Å². The van der Waals surface area contributed by atoms with E-state index in [2.05, 4.69) is 38.6 Å². The SMILES string of the molecule is CCOc1c(Br)cc(C(=O)N/N=C(/C)CCc2ccccc2)cc1OC. The summed E-state index contributed by atoms with van der Waals surface area (Å²) in [6.45, 7) is 4.29. The molecule has 6 heteroatoms. The summed E-state index contributed by atoms with van der Waals surface area (Å²) in [6.07, 6.45) is 1.66. The van der Waals surface area contributed by atoms with Crippen LogP contribution in [-0.4, -0.2) is 25.3 Å². The van der Waals surface area contributed by atoms with Crippen LogP contribution in [0.1, 0.15) is 36.2 Å². The van der Waals surface area contributed by atoms with Gasteiger partial charge in [0.2, 0.25) is 0 Å². The molecule has 0 saturated heterocycles. The predicted octanol–water partition coefficient (Wildman–Crippen LogP) is 4.59. The lowest BCUT2D eigenvalue weighted by molar-refractivity contribution is 0.0954. The average Bonchev–Trinajstić information content (AvgIpc) is 2.66. The lowest BCUT2D eigenvalue weighted by atomic mass is 10.1. The zero-order valence-electron chi connectivity index (χ0n) is 15.2. The number of carbonyl (C=O) groups is 1. The highest BCUT2D eigenvalue weighted by Gasteiger charge is 2.15. The molecule has 0 aliphatic carbocycles. The van der Waals surface area contributed by atoms with Crippen LogP contribution >= 0.6 is 15.9 Å². The molecule has 2 aromatic rings. The number of halogens is 1. The van der Waals surface area contributed by atoms with E-state index < -0.39 is 0 Å². The second kappa shape index (κ2) is 9.97. The topological polar surface area (TPSA) is 59.9 Å². The minimum atomic E-state index is -0.300. The van der Waals surface area contributed by atoms with Crippen LogP contribution < -0.4 is 14.9 Å². The standard InChI is InChI=1S/C20H23BrN2O3/c1-4-26-19-17(21)12-16(13-18(19)25-3)20(24)23-22-14(2)10-11-15-8-6-5-7-9-15/h5-9,12-13H,4,10-11H2,1-3H3,(H,23,24)/b22-14-. The normalized spacial score (nSPS) is 11.2. The fourth-order valence-corrected chi connectivity index (χ4v) is 2.93. The molecule has 0 unspecified atom stereocenters. The van der Waals surface area contributed by atoms with Crippen molar-refractivity contribution in [3.8, 4) is 11.5 Å². The lowest BCUT2D eigenvalue weighted by Gasteiger charge is -2.12.